The monoisotopic (exact) mass is 321 g/mol. The molecule has 0 aliphatic carbocycles. The molecule has 0 saturated heterocycles. The first kappa shape index (κ1) is 20.2. The second kappa shape index (κ2) is 11.8. The Balaban J connectivity index is 0.00000361. The molecule has 106 valence electrons. The van der Waals surface area contributed by atoms with Crippen LogP contribution in [0.1, 0.15) is 5.56 Å². The average molecular weight is 321 g/mol. The van der Waals surface area contributed by atoms with E-state index in [0.29, 0.717) is 0 Å². The zero-order valence-corrected chi connectivity index (χ0v) is 16.1. The summed E-state index contributed by atoms with van der Waals surface area (Å²) in [5.41, 5.74) is 1.95. The van der Waals surface area contributed by atoms with E-state index in [-0.39, 0.29) is 36.0 Å². The molecule has 0 aromatic heterocycles. The number of aliphatic carboxylic acids is 1. The molecule has 0 unspecified atom stereocenters. The van der Waals surface area contributed by atoms with Crippen molar-refractivity contribution in [2.24, 2.45) is 0 Å². The third kappa shape index (κ3) is 7.84. The van der Waals surface area contributed by atoms with Gasteiger partial charge in [-0.15, -0.1) is 0 Å². The molecule has 0 aliphatic rings. The molecule has 0 amide bonds. The molecule has 0 N–H and O–H groups in total. The van der Waals surface area contributed by atoms with Crippen LogP contribution in [0.25, 0.3) is 0 Å². The number of carboxylic acids is 1. The Morgan fingerprint density at radius 3 is 2.00 bits per heavy atom. The Bertz CT molecular complexity index is 379. The van der Waals surface area contributed by atoms with Gasteiger partial charge in [0.15, 0.2) is 0 Å². The normalized spacial score (nSPS) is 9.90. The van der Waals surface area contributed by atoms with Crippen molar-refractivity contribution >= 4 is 35.2 Å². The topological polar surface area (TPSA) is 43.4 Å². The van der Waals surface area contributed by atoms with Crippen LogP contribution < -0.4 is 39.6 Å². The summed E-state index contributed by atoms with van der Waals surface area (Å²) in [6.45, 7) is 2.03. The number of carbonyl (C=O) groups excluding carboxylic acids is 1. The minimum absolute atomic E-state index is 0. The van der Waals surface area contributed by atoms with E-state index >= 15 is 0 Å². The van der Waals surface area contributed by atoms with E-state index < -0.39 is 5.97 Å². The minimum Gasteiger partial charge on any atom is -0.550 e. The van der Waals surface area contributed by atoms with Crippen LogP contribution in [0.15, 0.2) is 24.3 Å². The summed E-state index contributed by atoms with van der Waals surface area (Å²) in [5, 5.41) is 10.5. The number of nitrogens with zero attached hydrogens (tertiary/aromatic N) is 1. The SMILES string of the molecule is CSCCN(CCSC)c1ccc(CC(=O)[O-])cc1.[Na+]. The van der Waals surface area contributed by atoms with Crippen LogP contribution in [0, 0.1) is 0 Å². The molecular formula is C14H20NNaO2S2. The van der Waals surface area contributed by atoms with Gasteiger partial charge in [0.25, 0.3) is 0 Å². The van der Waals surface area contributed by atoms with E-state index in [1.54, 1.807) is 0 Å². The second-order valence-electron chi connectivity index (χ2n) is 4.19. The molecule has 0 fully saturated rings. The number of rotatable bonds is 9. The van der Waals surface area contributed by atoms with Crippen LogP contribution in [0.5, 0.6) is 0 Å². The van der Waals surface area contributed by atoms with Crippen LogP contribution in [0.3, 0.4) is 0 Å². The maximum absolute atomic E-state index is 10.5. The Morgan fingerprint density at radius 1 is 1.10 bits per heavy atom. The Kier molecular flexibility index (Phi) is 11.9. The summed E-state index contributed by atoms with van der Waals surface area (Å²) in [6, 6.07) is 7.74. The summed E-state index contributed by atoms with van der Waals surface area (Å²) >= 11 is 3.67. The summed E-state index contributed by atoms with van der Waals surface area (Å²) in [5.74, 6) is 1.15. The first-order chi connectivity index (χ1) is 9.17. The zero-order valence-electron chi connectivity index (χ0n) is 12.4. The summed E-state index contributed by atoms with van der Waals surface area (Å²) in [6.07, 6.45) is 4.20. The number of hydrogen-bond donors (Lipinski definition) is 0. The first-order valence-corrected chi connectivity index (χ1v) is 8.97. The third-order valence-corrected chi connectivity index (χ3v) is 3.96. The van der Waals surface area contributed by atoms with Crippen molar-refractivity contribution in [3.63, 3.8) is 0 Å². The van der Waals surface area contributed by atoms with Crippen molar-refractivity contribution in [3.8, 4) is 0 Å². The zero-order chi connectivity index (χ0) is 14.1. The molecule has 0 aliphatic heterocycles. The summed E-state index contributed by atoms with van der Waals surface area (Å²) in [4.78, 5) is 12.9. The van der Waals surface area contributed by atoms with Crippen molar-refractivity contribution in [2.75, 3.05) is 42.0 Å². The van der Waals surface area contributed by atoms with E-state index in [1.165, 1.54) is 0 Å². The van der Waals surface area contributed by atoms with Crippen molar-refractivity contribution in [2.45, 2.75) is 6.42 Å². The molecule has 0 radical (unpaired) electrons. The predicted molar refractivity (Wildman–Crippen MR) is 84.1 cm³/mol. The van der Waals surface area contributed by atoms with Gasteiger partial charge in [0, 0.05) is 42.7 Å². The molecule has 6 heteroatoms. The molecule has 1 rings (SSSR count). The Labute approximate surface area is 152 Å². The van der Waals surface area contributed by atoms with Crippen molar-refractivity contribution in [3.05, 3.63) is 29.8 Å². The molecular weight excluding hydrogens is 301 g/mol. The predicted octanol–water partition coefficient (Wildman–Crippen LogP) is -1.48. The van der Waals surface area contributed by atoms with Crippen LogP contribution in [-0.4, -0.2) is 43.1 Å². The maximum Gasteiger partial charge on any atom is 1.00 e. The number of hydrogen-bond acceptors (Lipinski definition) is 5. The van der Waals surface area contributed by atoms with Gasteiger partial charge in [-0.3, -0.25) is 0 Å². The molecule has 1 aromatic carbocycles. The smallest absolute Gasteiger partial charge is 0.550 e. The van der Waals surface area contributed by atoms with Gasteiger partial charge >= 0.3 is 29.6 Å². The van der Waals surface area contributed by atoms with Crippen LogP contribution >= 0.6 is 23.5 Å². The second-order valence-corrected chi connectivity index (χ2v) is 6.16. The average Bonchev–Trinajstić information content (AvgIpc) is 2.39. The van der Waals surface area contributed by atoms with E-state index in [2.05, 4.69) is 17.4 Å². The van der Waals surface area contributed by atoms with Crippen molar-refractivity contribution in [1.82, 2.24) is 0 Å². The summed E-state index contributed by atoms with van der Waals surface area (Å²) < 4.78 is 0. The number of thioether (sulfide) groups is 2. The van der Waals surface area contributed by atoms with Gasteiger partial charge in [-0.25, -0.2) is 0 Å². The van der Waals surface area contributed by atoms with Gasteiger partial charge in [-0.1, -0.05) is 12.1 Å². The fourth-order valence-corrected chi connectivity index (χ4v) is 2.57. The molecule has 0 saturated carbocycles. The van der Waals surface area contributed by atoms with E-state index in [1.807, 2.05) is 47.8 Å². The third-order valence-electron chi connectivity index (χ3n) is 2.78. The van der Waals surface area contributed by atoms with Gasteiger partial charge in [0.2, 0.25) is 0 Å². The van der Waals surface area contributed by atoms with Crippen LogP contribution in [-0.2, 0) is 11.2 Å². The Hall–Kier alpha value is 0.190. The molecule has 20 heavy (non-hydrogen) atoms. The van der Waals surface area contributed by atoms with Crippen LogP contribution in [0.2, 0.25) is 0 Å². The van der Waals surface area contributed by atoms with Gasteiger partial charge in [0.05, 0.1) is 0 Å². The van der Waals surface area contributed by atoms with Gasteiger partial charge in [0.1, 0.15) is 0 Å². The molecule has 0 atom stereocenters. The Morgan fingerprint density at radius 2 is 1.60 bits per heavy atom. The maximum atomic E-state index is 10.5. The van der Waals surface area contributed by atoms with Gasteiger partial charge in [-0.2, -0.15) is 23.5 Å². The van der Waals surface area contributed by atoms with Crippen molar-refractivity contribution < 1.29 is 39.5 Å². The number of carboxylic acid groups (broad SMARTS) is 1. The van der Waals surface area contributed by atoms with E-state index in [0.717, 1.165) is 35.8 Å². The molecule has 3 nitrogen and oxygen atoms in total. The van der Waals surface area contributed by atoms with E-state index in [4.69, 9.17) is 0 Å². The fraction of sp³-hybridized carbons (Fsp3) is 0.500. The van der Waals surface area contributed by atoms with Crippen LogP contribution in [0.4, 0.5) is 5.69 Å². The van der Waals surface area contributed by atoms with Crippen molar-refractivity contribution in [1.29, 1.82) is 0 Å². The van der Waals surface area contributed by atoms with Gasteiger partial charge in [-0.05, 0) is 30.2 Å². The number of benzene rings is 1. The van der Waals surface area contributed by atoms with E-state index in [9.17, 15) is 9.90 Å². The molecule has 1 aromatic rings. The minimum atomic E-state index is -1.03. The quantitative estimate of drug-likeness (QED) is 0.519. The van der Waals surface area contributed by atoms with Gasteiger partial charge < -0.3 is 14.8 Å². The number of anilines is 1. The number of carbonyl (C=O) groups is 1. The first-order valence-electron chi connectivity index (χ1n) is 6.19. The fourth-order valence-electron chi connectivity index (χ4n) is 1.76. The molecule has 0 heterocycles. The molecule has 0 spiro atoms. The summed E-state index contributed by atoms with van der Waals surface area (Å²) in [7, 11) is 0. The largest absolute Gasteiger partial charge is 1.00 e. The standard InChI is InChI=1S/C14H21NO2S2.Na/c1-18-9-7-15(8-10-19-2)13-5-3-12(4-6-13)11-14(16)17;/h3-6H,7-11H2,1-2H3,(H,16,17);/q;+1/p-1. The molecule has 0 bridgehead atoms.